The van der Waals surface area contributed by atoms with E-state index in [1.165, 1.54) is 0 Å². The van der Waals surface area contributed by atoms with Crippen LogP contribution in [-0.2, 0) is 10.2 Å². The molecule has 0 saturated carbocycles. The minimum absolute atomic E-state index is 0.0462. The summed E-state index contributed by atoms with van der Waals surface area (Å²) in [6, 6.07) is 7.48. The summed E-state index contributed by atoms with van der Waals surface area (Å²) in [5, 5.41) is 22.8. The number of nitrogens with one attached hydrogen (secondary N) is 1. The van der Waals surface area contributed by atoms with Gasteiger partial charge in [-0.1, -0.05) is 45.0 Å². The predicted molar refractivity (Wildman–Crippen MR) is 90.3 cm³/mol. The Kier molecular flexibility index (Phi) is 6.19. The van der Waals surface area contributed by atoms with E-state index in [4.69, 9.17) is 4.74 Å². The number of hydrogen-bond donors (Lipinski definition) is 3. The third-order valence-electron chi connectivity index (χ3n) is 3.31. The van der Waals surface area contributed by atoms with Crippen molar-refractivity contribution in [3.8, 4) is 0 Å². The number of carbonyl (C=O) groups excluding carboxylic acids is 1. The highest BCUT2D eigenvalue weighted by Crippen LogP contribution is 2.26. The molecule has 0 saturated heterocycles. The molecule has 0 fully saturated rings. The van der Waals surface area contributed by atoms with Crippen LogP contribution in [0.3, 0.4) is 0 Å². The topological polar surface area (TPSA) is 78.8 Å². The zero-order valence-electron chi connectivity index (χ0n) is 14.9. The van der Waals surface area contributed by atoms with Crippen LogP contribution in [0, 0.1) is 0 Å². The molecule has 0 aliphatic rings. The Bertz CT molecular complexity index is 529. The maximum atomic E-state index is 11.6. The Morgan fingerprint density at radius 2 is 1.78 bits per heavy atom. The molecule has 0 aromatic heterocycles. The van der Waals surface area contributed by atoms with E-state index in [0.29, 0.717) is 5.56 Å². The molecule has 0 bridgehead atoms. The van der Waals surface area contributed by atoms with Gasteiger partial charge in [0.05, 0.1) is 0 Å². The molecule has 0 spiro atoms. The third kappa shape index (κ3) is 6.59. The second-order valence-electron chi connectivity index (χ2n) is 7.77. The lowest BCUT2D eigenvalue weighted by molar-refractivity contribution is 0.0129. The predicted octanol–water partition coefficient (Wildman–Crippen LogP) is 2.90. The van der Waals surface area contributed by atoms with E-state index in [2.05, 4.69) is 26.1 Å². The highest BCUT2D eigenvalue weighted by atomic mass is 16.6. The summed E-state index contributed by atoms with van der Waals surface area (Å²) in [5.74, 6) is 0. The van der Waals surface area contributed by atoms with Gasteiger partial charge >= 0.3 is 6.09 Å². The number of carbonyl (C=O) groups is 1. The van der Waals surface area contributed by atoms with Crippen molar-refractivity contribution in [2.24, 2.45) is 0 Å². The van der Waals surface area contributed by atoms with Crippen LogP contribution in [0.25, 0.3) is 0 Å². The monoisotopic (exact) mass is 323 g/mol. The van der Waals surface area contributed by atoms with E-state index in [1.807, 2.05) is 18.2 Å². The van der Waals surface area contributed by atoms with Crippen LogP contribution in [0.2, 0.25) is 0 Å². The molecule has 3 N–H and O–H groups in total. The Morgan fingerprint density at radius 1 is 1.17 bits per heavy atom. The minimum Gasteiger partial charge on any atom is -0.444 e. The maximum absolute atomic E-state index is 11.6. The number of hydrogen-bond acceptors (Lipinski definition) is 4. The standard InChI is InChI=1S/C18H29NO4/c1-17(2,3)13-9-7-8-12(10-13)15(21)14(20)11-19-16(22)23-18(4,5)6/h7-10,14-15,20-21H,11H2,1-6H3,(H,19,22). The number of alkyl carbamates (subject to hydrolysis) is 1. The van der Waals surface area contributed by atoms with Gasteiger partial charge in [0.2, 0.25) is 0 Å². The van der Waals surface area contributed by atoms with E-state index in [-0.39, 0.29) is 12.0 Å². The fourth-order valence-electron chi connectivity index (χ4n) is 2.03. The van der Waals surface area contributed by atoms with Crippen molar-refractivity contribution in [2.75, 3.05) is 6.54 Å². The average molecular weight is 323 g/mol. The van der Waals surface area contributed by atoms with Crippen molar-refractivity contribution in [3.63, 3.8) is 0 Å². The van der Waals surface area contributed by atoms with E-state index in [1.54, 1.807) is 26.8 Å². The maximum Gasteiger partial charge on any atom is 0.407 e. The SMILES string of the molecule is CC(C)(C)OC(=O)NCC(O)C(O)c1cccc(C(C)(C)C)c1. The van der Waals surface area contributed by atoms with Crippen LogP contribution in [-0.4, -0.2) is 34.6 Å². The molecular formula is C18H29NO4. The van der Waals surface area contributed by atoms with Crippen molar-refractivity contribution in [1.29, 1.82) is 0 Å². The molecule has 0 heterocycles. The minimum atomic E-state index is -1.11. The molecule has 23 heavy (non-hydrogen) atoms. The Morgan fingerprint density at radius 3 is 2.30 bits per heavy atom. The number of aliphatic hydroxyl groups excluding tert-OH is 2. The fraction of sp³-hybridized carbons (Fsp3) is 0.611. The lowest BCUT2D eigenvalue weighted by atomic mass is 9.85. The number of amides is 1. The van der Waals surface area contributed by atoms with E-state index < -0.39 is 23.9 Å². The molecule has 1 amide bonds. The fourth-order valence-corrected chi connectivity index (χ4v) is 2.03. The van der Waals surface area contributed by atoms with Gasteiger partial charge in [-0.05, 0) is 37.3 Å². The van der Waals surface area contributed by atoms with Gasteiger partial charge in [0, 0.05) is 6.54 Å². The molecule has 1 aromatic rings. The molecule has 0 radical (unpaired) electrons. The molecular weight excluding hydrogens is 294 g/mol. The number of aliphatic hydroxyl groups is 2. The zero-order valence-corrected chi connectivity index (χ0v) is 14.9. The lowest BCUT2D eigenvalue weighted by Crippen LogP contribution is -2.38. The first-order valence-electron chi connectivity index (χ1n) is 7.83. The molecule has 5 heteroatoms. The molecule has 1 rings (SSSR count). The molecule has 2 atom stereocenters. The Labute approximate surface area is 138 Å². The van der Waals surface area contributed by atoms with Gasteiger partial charge in [-0.3, -0.25) is 0 Å². The molecule has 5 nitrogen and oxygen atoms in total. The van der Waals surface area contributed by atoms with Crippen LogP contribution in [0.4, 0.5) is 4.79 Å². The van der Waals surface area contributed by atoms with Crippen LogP contribution < -0.4 is 5.32 Å². The van der Waals surface area contributed by atoms with Crippen molar-refractivity contribution in [2.45, 2.75) is 64.8 Å². The first-order chi connectivity index (χ1) is 10.4. The number of ether oxygens (including phenoxy) is 1. The van der Waals surface area contributed by atoms with Crippen molar-refractivity contribution < 1.29 is 19.7 Å². The highest BCUT2D eigenvalue weighted by Gasteiger charge is 2.23. The van der Waals surface area contributed by atoms with Crippen molar-refractivity contribution in [3.05, 3.63) is 35.4 Å². The summed E-state index contributed by atoms with van der Waals surface area (Å²) in [4.78, 5) is 11.6. The van der Waals surface area contributed by atoms with Crippen LogP contribution in [0.5, 0.6) is 0 Å². The van der Waals surface area contributed by atoms with Gasteiger partial charge in [-0.2, -0.15) is 0 Å². The third-order valence-corrected chi connectivity index (χ3v) is 3.31. The Balaban J connectivity index is 2.67. The van der Waals surface area contributed by atoms with Crippen LogP contribution in [0.15, 0.2) is 24.3 Å². The highest BCUT2D eigenvalue weighted by molar-refractivity contribution is 5.67. The second kappa shape index (κ2) is 7.32. The smallest absolute Gasteiger partial charge is 0.407 e. The molecule has 130 valence electrons. The van der Waals surface area contributed by atoms with E-state index >= 15 is 0 Å². The molecule has 2 unspecified atom stereocenters. The van der Waals surface area contributed by atoms with E-state index in [0.717, 1.165) is 5.56 Å². The van der Waals surface area contributed by atoms with Gasteiger partial charge < -0.3 is 20.3 Å². The summed E-state index contributed by atoms with van der Waals surface area (Å²) in [6.45, 7) is 11.4. The Hall–Kier alpha value is -1.59. The molecule has 0 aliphatic heterocycles. The van der Waals surface area contributed by atoms with Crippen LogP contribution in [0.1, 0.15) is 58.8 Å². The zero-order chi connectivity index (χ0) is 17.8. The summed E-state index contributed by atoms with van der Waals surface area (Å²) < 4.78 is 5.09. The first kappa shape index (κ1) is 19.5. The van der Waals surface area contributed by atoms with E-state index in [9.17, 15) is 15.0 Å². The number of rotatable bonds is 4. The van der Waals surface area contributed by atoms with Crippen molar-refractivity contribution in [1.82, 2.24) is 5.32 Å². The van der Waals surface area contributed by atoms with Gasteiger partial charge in [0.1, 0.15) is 17.8 Å². The number of benzene rings is 1. The van der Waals surface area contributed by atoms with Gasteiger partial charge in [0.15, 0.2) is 0 Å². The van der Waals surface area contributed by atoms with Crippen LogP contribution >= 0.6 is 0 Å². The van der Waals surface area contributed by atoms with Crippen molar-refractivity contribution >= 4 is 6.09 Å². The normalized spacial score (nSPS) is 15.0. The first-order valence-corrected chi connectivity index (χ1v) is 7.83. The largest absolute Gasteiger partial charge is 0.444 e. The van der Waals surface area contributed by atoms with Gasteiger partial charge in [-0.25, -0.2) is 4.79 Å². The summed E-state index contributed by atoms with van der Waals surface area (Å²) in [7, 11) is 0. The summed E-state index contributed by atoms with van der Waals surface area (Å²) in [6.07, 6.45) is -2.81. The molecule has 0 aliphatic carbocycles. The second-order valence-corrected chi connectivity index (χ2v) is 7.77. The quantitative estimate of drug-likeness (QED) is 0.796. The molecule has 1 aromatic carbocycles. The van der Waals surface area contributed by atoms with Gasteiger partial charge in [0.25, 0.3) is 0 Å². The lowest BCUT2D eigenvalue weighted by Gasteiger charge is -2.24. The summed E-state index contributed by atoms with van der Waals surface area (Å²) >= 11 is 0. The van der Waals surface area contributed by atoms with Gasteiger partial charge in [-0.15, -0.1) is 0 Å². The average Bonchev–Trinajstić information content (AvgIpc) is 2.41. The summed E-state index contributed by atoms with van der Waals surface area (Å²) in [5.41, 5.74) is 1.04.